The second-order valence-corrected chi connectivity index (χ2v) is 18.0. The van der Waals surface area contributed by atoms with Crippen molar-refractivity contribution < 1.29 is 38.4 Å². The lowest BCUT2D eigenvalue weighted by molar-refractivity contribution is -0.172. The maximum absolute atomic E-state index is 14.1. The lowest BCUT2D eigenvalue weighted by atomic mass is 9.52. The number of carbonyl (C=O) groups excluding carboxylic acids is 3. The summed E-state index contributed by atoms with van der Waals surface area (Å²) < 4.78 is 25.8. The van der Waals surface area contributed by atoms with Crippen LogP contribution in [-0.4, -0.2) is 89.3 Å². The average Bonchev–Trinajstić information content (AvgIpc) is 3.55. The predicted octanol–water partition coefficient (Wildman–Crippen LogP) is 5.70. The van der Waals surface area contributed by atoms with Gasteiger partial charge in [0, 0.05) is 37.9 Å². The van der Waals surface area contributed by atoms with Gasteiger partial charge in [0.25, 0.3) is 0 Å². The maximum atomic E-state index is 14.1. The van der Waals surface area contributed by atoms with E-state index in [-0.39, 0.29) is 37.0 Å². The first-order valence-corrected chi connectivity index (χ1v) is 20.5. The van der Waals surface area contributed by atoms with E-state index in [4.69, 9.17) is 18.9 Å². The summed E-state index contributed by atoms with van der Waals surface area (Å²) >= 11 is 0. The van der Waals surface area contributed by atoms with Crippen LogP contribution >= 0.6 is 0 Å². The molecule has 10 nitrogen and oxygen atoms in total. The van der Waals surface area contributed by atoms with Gasteiger partial charge < -0.3 is 34.3 Å². The van der Waals surface area contributed by atoms with E-state index in [0.29, 0.717) is 66.7 Å². The minimum absolute atomic E-state index is 0.0436. The minimum atomic E-state index is -0.914. The maximum Gasteiger partial charge on any atom is 0.338 e. The number of epoxide rings is 1. The molecular weight excluding hydrogens is 697 g/mol. The largest absolute Gasteiger partial charge is 0.456 e. The monoisotopic (exact) mass is 750 g/mol. The van der Waals surface area contributed by atoms with E-state index in [2.05, 4.69) is 44.3 Å². The highest BCUT2D eigenvalue weighted by atomic mass is 16.8. The fourth-order valence-electron chi connectivity index (χ4n) is 10.8. The van der Waals surface area contributed by atoms with Crippen molar-refractivity contribution in [3.8, 4) is 0 Å². The molecule has 3 saturated heterocycles. The topological polar surface area (TPSA) is 127 Å². The Kier molecular flexibility index (Phi) is 9.35. The lowest BCUT2D eigenvalue weighted by Crippen LogP contribution is -2.49. The van der Waals surface area contributed by atoms with E-state index in [0.717, 1.165) is 36.0 Å². The number of allylic oxidation sites excluding steroid dienone is 1. The number of hydrogen-bond acceptors (Lipinski definition) is 8. The highest BCUT2D eigenvalue weighted by Crippen LogP contribution is 2.60. The number of hydrogen-bond donors (Lipinski definition) is 2. The summed E-state index contributed by atoms with van der Waals surface area (Å²) in [6.07, 6.45) is 10.6. The number of esters is 1. The summed E-state index contributed by atoms with van der Waals surface area (Å²) in [5.41, 5.74) is 6.13. The fraction of sp³-hybridized carbons (Fsp3) is 0.578. The first kappa shape index (κ1) is 36.8. The lowest BCUT2D eigenvalue weighted by Gasteiger charge is -2.53. The molecule has 0 bridgehead atoms. The second kappa shape index (κ2) is 14.0. The Hall–Kier alpha value is -3.83. The van der Waals surface area contributed by atoms with Gasteiger partial charge in [-0.05, 0) is 104 Å². The van der Waals surface area contributed by atoms with Gasteiger partial charge in [0.2, 0.25) is 11.8 Å². The number of aliphatic hydroxyl groups excluding tert-OH is 1. The standard InChI is InChI=1S/C45H54N2O8/c1-43(2)26-33-29(14-15-38-44(3,54-38)17-16-34(33)43)21-27-10-12-28(13-11-27)42(51)52-36-22-32(41(50)47-19-6-9-35(47)40(49)46-18-20-48)23-37-39(36)55-45(53-37)24-30-7-4-5-8-31(30)25-45/h4-5,7-8,10-13,21,23,33-39,48H,6,9,14-20,22,24-26H2,1-3H3,(H,46,49). The number of nitrogens with one attached hydrogen (secondary N) is 1. The van der Waals surface area contributed by atoms with Crippen LogP contribution in [-0.2, 0) is 41.4 Å². The van der Waals surface area contributed by atoms with E-state index < -0.39 is 36.1 Å². The van der Waals surface area contributed by atoms with Crippen molar-refractivity contribution in [1.82, 2.24) is 10.2 Å². The third-order valence-corrected chi connectivity index (χ3v) is 13.9. The second-order valence-electron chi connectivity index (χ2n) is 18.0. The number of fused-ring (bicyclic) bond motifs is 4. The van der Waals surface area contributed by atoms with E-state index in [9.17, 15) is 19.5 Å². The molecule has 0 aromatic heterocycles. The molecule has 8 unspecified atom stereocenters. The van der Waals surface area contributed by atoms with Crippen LogP contribution in [0.1, 0.15) is 99.2 Å². The molecule has 3 heterocycles. The van der Waals surface area contributed by atoms with Gasteiger partial charge in [0.1, 0.15) is 24.4 Å². The van der Waals surface area contributed by atoms with Gasteiger partial charge >= 0.3 is 5.97 Å². The Balaban J connectivity index is 0.933. The number of aliphatic hydroxyl groups is 1. The van der Waals surface area contributed by atoms with E-state index in [1.54, 1.807) is 4.90 Å². The number of nitrogens with zero attached hydrogens (tertiary/aromatic N) is 1. The summed E-state index contributed by atoms with van der Waals surface area (Å²) in [6, 6.07) is 15.2. The third-order valence-electron chi connectivity index (χ3n) is 13.9. The van der Waals surface area contributed by atoms with Crippen LogP contribution in [0.4, 0.5) is 0 Å². The van der Waals surface area contributed by atoms with E-state index in [1.807, 2.05) is 42.5 Å². The number of likely N-dealkylation sites (tertiary alicyclic amines) is 1. The van der Waals surface area contributed by atoms with Crippen LogP contribution < -0.4 is 5.32 Å². The molecule has 55 heavy (non-hydrogen) atoms. The molecule has 7 aliphatic rings. The Labute approximate surface area is 323 Å². The zero-order chi connectivity index (χ0) is 38.1. The van der Waals surface area contributed by atoms with Crippen LogP contribution in [0.25, 0.3) is 6.08 Å². The third kappa shape index (κ3) is 6.87. The molecule has 0 radical (unpaired) electrons. The van der Waals surface area contributed by atoms with Crippen molar-refractivity contribution >= 4 is 23.9 Å². The molecule has 2 N–H and O–H groups in total. The Morgan fingerprint density at radius 1 is 0.982 bits per heavy atom. The smallest absolute Gasteiger partial charge is 0.338 e. The summed E-state index contributed by atoms with van der Waals surface area (Å²) in [7, 11) is 0. The molecule has 3 aliphatic heterocycles. The van der Waals surface area contributed by atoms with Crippen molar-refractivity contribution in [2.24, 2.45) is 17.3 Å². The van der Waals surface area contributed by atoms with Gasteiger partial charge in [-0.2, -0.15) is 0 Å². The van der Waals surface area contributed by atoms with Crippen LogP contribution in [0.15, 0.2) is 65.8 Å². The number of rotatable bonds is 7. The summed E-state index contributed by atoms with van der Waals surface area (Å²) in [5, 5.41) is 12.0. The van der Waals surface area contributed by atoms with Crippen LogP contribution in [0.3, 0.4) is 0 Å². The first-order valence-electron chi connectivity index (χ1n) is 20.5. The van der Waals surface area contributed by atoms with Gasteiger partial charge in [-0.1, -0.05) is 61.9 Å². The molecule has 5 fully saturated rings. The molecule has 2 saturated carbocycles. The Bertz CT molecular complexity index is 1890. The highest BCUT2D eigenvalue weighted by molar-refractivity contribution is 5.98. The number of carbonyl (C=O) groups is 3. The number of amides is 2. The zero-order valence-corrected chi connectivity index (χ0v) is 32.3. The minimum Gasteiger partial charge on any atom is -0.456 e. The SMILES string of the molecule is CC1(C)CC2C(=Cc3ccc(C(=O)OC4CC(C(=O)N5CCCC5C(=O)NCCO)=CC5OC6(Cc7ccccc7C6)OC54)cc3)CCC3OC3(C)CCC21. The van der Waals surface area contributed by atoms with Crippen molar-refractivity contribution in [2.45, 2.75) is 127 Å². The van der Waals surface area contributed by atoms with Crippen molar-refractivity contribution in [3.63, 3.8) is 0 Å². The highest BCUT2D eigenvalue weighted by Gasteiger charge is 2.57. The van der Waals surface area contributed by atoms with Gasteiger partial charge in [-0.3, -0.25) is 9.59 Å². The average molecular weight is 751 g/mol. The molecule has 2 aromatic carbocycles. The van der Waals surface area contributed by atoms with Gasteiger partial charge in [0.05, 0.1) is 23.9 Å². The molecule has 8 atom stereocenters. The van der Waals surface area contributed by atoms with E-state index >= 15 is 0 Å². The van der Waals surface area contributed by atoms with Gasteiger partial charge in [-0.15, -0.1) is 0 Å². The quantitative estimate of drug-likeness (QED) is 0.273. The van der Waals surface area contributed by atoms with E-state index in [1.165, 1.54) is 18.4 Å². The van der Waals surface area contributed by atoms with Crippen molar-refractivity contribution in [1.29, 1.82) is 0 Å². The normalized spacial score (nSPS) is 34.5. The Morgan fingerprint density at radius 2 is 1.75 bits per heavy atom. The zero-order valence-electron chi connectivity index (χ0n) is 32.3. The number of ether oxygens (including phenoxy) is 4. The van der Waals surface area contributed by atoms with Crippen molar-refractivity contribution in [2.75, 3.05) is 19.7 Å². The van der Waals surface area contributed by atoms with Gasteiger partial charge in [0.15, 0.2) is 5.79 Å². The van der Waals surface area contributed by atoms with Crippen LogP contribution in [0.2, 0.25) is 0 Å². The Morgan fingerprint density at radius 3 is 2.47 bits per heavy atom. The molecule has 9 rings (SSSR count). The number of benzene rings is 2. The molecule has 1 spiro atoms. The van der Waals surface area contributed by atoms with Crippen molar-refractivity contribution in [3.05, 3.63) is 88.0 Å². The molecule has 292 valence electrons. The summed E-state index contributed by atoms with van der Waals surface area (Å²) in [5.74, 6) is -0.703. The molecule has 2 amide bonds. The fourth-order valence-corrected chi connectivity index (χ4v) is 10.8. The molecule has 2 aromatic rings. The summed E-state index contributed by atoms with van der Waals surface area (Å²) in [6.45, 7) is 7.47. The molecule has 10 heteroatoms. The molecular formula is C45H54N2O8. The first-order chi connectivity index (χ1) is 26.4. The van der Waals surface area contributed by atoms with Crippen LogP contribution in [0, 0.1) is 17.3 Å². The molecule has 4 aliphatic carbocycles. The van der Waals surface area contributed by atoms with Crippen LogP contribution in [0.5, 0.6) is 0 Å². The van der Waals surface area contributed by atoms with Gasteiger partial charge in [-0.25, -0.2) is 4.79 Å². The summed E-state index contributed by atoms with van der Waals surface area (Å²) in [4.78, 5) is 42.6. The predicted molar refractivity (Wildman–Crippen MR) is 205 cm³/mol.